The van der Waals surface area contributed by atoms with Crippen molar-refractivity contribution >= 4 is 27.6 Å². The largest absolute Gasteiger partial charge is 0.805 e. The first-order chi connectivity index (χ1) is 13.6. The van der Waals surface area contributed by atoms with Crippen LogP contribution in [0.2, 0.25) is 0 Å². The second kappa shape index (κ2) is 6.02. The molecule has 1 fully saturated rings. The molecule has 4 aromatic rings. The topological polar surface area (TPSA) is 68.0 Å². The maximum Gasteiger partial charge on any atom is 0.325 e. The van der Waals surface area contributed by atoms with E-state index in [9.17, 15) is 14.9 Å². The first-order valence-electron chi connectivity index (χ1n) is 9.33. The van der Waals surface area contributed by atoms with E-state index in [1.54, 1.807) is 24.3 Å². The number of carbonyl (C=O) groups is 1. The Kier molecular flexibility index (Phi) is 3.59. The Labute approximate surface area is 161 Å². The molecule has 5 heteroatoms. The number of para-hydroxylation sites is 2. The SMILES string of the molecule is Cc1c(C(=O)C2CC2c2ccc3ccccc3c2)[n+](=O)c2ccccc2n1[O-]. The molecule has 1 aliphatic carbocycles. The summed E-state index contributed by atoms with van der Waals surface area (Å²) in [6, 6.07) is 20.9. The van der Waals surface area contributed by atoms with Crippen LogP contribution in [-0.4, -0.2) is 10.5 Å². The van der Waals surface area contributed by atoms with Gasteiger partial charge in [0.15, 0.2) is 0 Å². The Bertz CT molecular complexity index is 1320. The van der Waals surface area contributed by atoms with E-state index in [0.717, 1.165) is 16.3 Å². The van der Waals surface area contributed by atoms with Crippen molar-refractivity contribution in [1.82, 2.24) is 4.73 Å². The highest BCUT2D eigenvalue weighted by molar-refractivity contribution is 5.99. The Morgan fingerprint density at radius 1 is 1.04 bits per heavy atom. The third-order valence-electron chi connectivity index (χ3n) is 5.73. The fourth-order valence-corrected chi connectivity index (χ4v) is 4.10. The molecule has 28 heavy (non-hydrogen) atoms. The third-order valence-corrected chi connectivity index (χ3v) is 5.73. The summed E-state index contributed by atoms with van der Waals surface area (Å²) < 4.78 is 1.31. The van der Waals surface area contributed by atoms with E-state index in [2.05, 4.69) is 24.3 Å². The van der Waals surface area contributed by atoms with Crippen LogP contribution in [0.15, 0.2) is 66.7 Å². The van der Waals surface area contributed by atoms with Crippen molar-refractivity contribution in [2.75, 3.05) is 0 Å². The normalized spacial score (nSPS) is 18.5. The molecule has 3 aromatic carbocycles. The number of rotatable bonds is 3. The van der Waals surface area contributed by atoms with Gasteiger partial charge in [-0.1, -0.05) is 54.6 Å². The van der Waals surface area contributed by atoms with Crippen LogP contribution in [0.5, 0.6) is 0 Å². The minimum Gasteiger partial charge on any atom is -0.805 e. The highest BCUT2D eigenvalue weighted by Gasteiger charge is 2.48. The summed E-state index contributed by atoms with van der Waals surface area (Å²) in [6.45, 7) is 1.54. The molecular formula is C23H18N2O3. The van der Waals surface area contributed by atoms with Gasteiger partial charge in [-0.15, -0.1) is 0 Å². The minimum absolute atomic E-state index is 0.0398. The lowest BCUT2D eigenvalue weighted by Gasteiger charge is -2.16. The van der Waals surface area contributed by atoms with Gasteiger partial charge in [0.25, 0.3) is 5.52 Å². The Morgan fingerprint density at radius 3 is 2.57 bits per heavy atom. The highest BCUT2D eigenvalue weighted by atomic mass is 16.5. The summed E-state index contributed by atoms with van der Waals surface area (Å²) >= 11 is 0. The van der Waals surface area contributed by atoms with Crippen molar-refractivity contribution < 1.29 is 9.22 Å². The number of fused-ring (bicyclic) bond motifs is 2. The molecule has 0 N–H and O–H groups in total. The summed E-state index contributed by atoms with van der Waals surface area (Å²) in [5.74, 6) is -0.426. The first kappa shape index (κ1) is 16.7. The second-order valence-corrected chi connectivity index (χ2v) is 7.43. The summed E-state index contributed by atoms with van der Waals surface area (Å²) in [5, 5.41) is 14.9. The number of benzene rings is 3. The van der Waals surface area contributed by atoms with Gasteiger partial charge in [0.2, 0.25) is 5.78 Å². The lowest BCUT2D eigenvalue weighted by molar-refractivity contribution is -0.468. The number of carbonyl (C=O) groups excluding carboxylic acids is 1. The molecule has 2 unspecified atom stereocenters. The van der Waals surface area contributed by atoms with Crippen molar-refractivity contribution in [1.29, 1.82) is 0 Å². The molecule has 1 heterocycles. The molecule has 5 rings (SSSR count). The predicted molar refractivity (Wildman–Crippen MR) is 108 cm³/mol. The van der Waals surface area contributed by atoms with Crippen LogP contribution in [-0.2, 0) is 0 Å². The maximum absolute atomic E-state index is 13.1. The van der Waals surface area contributed by atoms with Crippen LogP contribution >= 0.6 is 0 Å². The van der Waals surface area contributed by atoms with Gasteiger partial charge < -0.3 is 9.94 Å². The zero-order chi connectivity index (χ0) is 19.4. The van der Waals surface area contributed by atoms with Gasteiger partial charge in [-0.05, 0) is 41.7 Å². The zero-order valence-electron chi connectivity index (χ0n) is 15.3. The van der Waals surface area contributed by atoms with Gasteiger partial charge in [-0.3, -0.25) is 4.79 Å². The molecule has 0 spiro atoms. The molecular weight excluding hydrogens is 352 g/mol. The smallest absolute Gasteiger partial charge is 0.325 e. The molecule has 0 aliphatic heterocycles. The Hall–Kier alpha value is -3.47. The van der Waals surface area contributed by atoms with Gasteiger partial charge >= 0.3 is 5.69 Å². The monoisotopic (exact) mass is 370 g/mol. The molecule has 1 aliphatic rings. The average Bonchev–Trinajstić information content (AvgIpc) is 3.53. The van der Waals surface area contributed by atoms with Crippen molar-refractivity contribution in [3.05, 3.63) is 93.8 Å². The number of hydrogen-bond donors (Lipinski definition) is 0. The van der Waals surface area contributed by atoms with Gasteiger partial charge in [-0.25, -0.2) is 0 Å². The Balaban J connectivity index is 1.53. The number of Topliss-reactive ketones (excluding diaryl/α,β-unsaturated/α-hetero) is 1. The van der Waals surface area contributed by atoms with Crippen molar-refractivity contribution in [2.24, 2.45) is 5.92 Å². The van der Waals surface area contributed by atoms with Crippen LogP contribution in [0.25, 0.3) is 21.8 Å². The summed E-state index contributed by atoms with van der Waals surface area (Å²) in [5.41, 5.74) is 1.70. The van der Waals surface area contributed by atoms with Crippen molar-refractivity contribution in [2.45, 2.75) is 19.3 Å². The average molecular weight is 370 g/mol. The molecule has 0 amide bonds. The molecule has 138 valence electrons. The van der Waals surface area contributed by atoms with Crippen LogP contribution in [0, 0.1) is 23.0 Å². The van der Waals surface area contributed by atoms with Gasteiger partial charge in [0, 0.05) is 16.9 Å². The summed E-state index contributed by atoms with van der Waals surface area (Å²) in [7, 11) is 0. The number of ketones is 1. The van der Waals surface area contributed by atoms with E-state index in [4.69, 9.17) is 0 Å². The molecule has 1 aromatic heterocycles. The zero-order valence-corrected chi connectivity index (χ0v) is 15.3. The van der Waals surface area contributed by atoms with E-state index in [-0.39, 0.29) is 40.0 Å². The second-order valence-electron chi connectivity index (χ2n) is 7.43. The minimum atomic E-state index is -0.263. The van der Waals surface area contributed by atoms with Crippen molar-refractivity contribution in [3.63, 3.8) is 0 Å². The molecule has 0 saturated heterocycles. The Morgan fingerprint density at radius 2 is 1.75 bits per heavy atom. The highest BCUT2D eigenvalue weighted by Crippen LogP contribution is 2.49. The number of hydrogen-bond acceptors (Lipinski definition) is 3. The van der Waals surface area contributed by atoms with Crippen LogP contribution in [0.1, 0.15) is 34.1 Å². The fraction of sp³-hybridized carbons (Fsp3) is 0.174. The lowest BCUT2D eigenvalue weighted by atomic mass is 10.0. The molecule has 1 saturated carbocycles. The standard InChI is InChI=1S/C23H18N2O3/c1-14-22(25(28)21-9-5-4-8-20(21)24(14)27)23(26)19-13-18(19)17-11-10-15-6-2-3-7-16(15)12-17/h2-12,18-19H,13H2,1H3. The first-order valence-corrected chi connectivity index (χ1v) is 9.33. The van der Waals surface area contributed by atoms with E-state index < -0.39 is 0 Å². The maximum atomic E-state index is 13.1. The van der Waals surface area contributed by atoms with Crippen LogP contribution < -0.4 is 4.43 Å². The van der Waals surface area contributed by atoms with E-state index >= 15 is 0 Å². The molecule has 0 bridgehead atoms. The van der Waals surface area contributed by atoms with Gasteiger partial charge in [0.1, 0.15) is 5.52 Å². The molecule has 0 radical (unpaired) electrons. The fourth-order valence-electron chi connectivity index (χ4n) is 4.10. The van der Waals surface area contributed by atoms with Crippen LogP contribution in [0.3, 0.4) is 0 Å². The summed E-state index contributed by atoms with van der Waals surface area (Å²) in [6.07, 6.45) is 0.697. The lowest BCUT2D eigenvalue weighted by Crippen LogP contribution is -2.31. The van der Waals surface area contributed by atoms with Gasteiger partial charge in [-0.2, -0.15) is 0 Å². The van der Waals surface area contributed by atoms with Crippen molar-refractivity contribution in [3.8, 4) is 0 Å². The number of aromatic nitrogens is 2. The third kappa shape index (κ3) is 2.43. The number of nitrogens with zero attached hydrogens (tertiary/aromatic N) is 2. The van der Waals surface area contributed by atoms with E-state index in [1.807, 2.05) is 18.2 Å². The van der Waals surface area contributed by atoms with E-state index in [0.29, 0.717) is 15.6 Å². The quantitative estimate of drug-likeness (QED) is 0.398. The molecule has 2 atom stereocenters. The van der Waals surface area contributed by atoms with Gasteiger partial charge in [0.05, 0.1) is 10.1 Å². The van der Waals surface area contributed by atoms with Crippen LogP contribution in [0.4, 0.5) is 0 Å². The summed E-state index contributed by atoms with van der Waals surface area (Å²) in [4.78, 5) is 26.0. The predicted octanol–water partition coefficient (Wildman–Crippen LogP) is 4.35. The molecule has 5 nitrogen and oxygen atoms in total. The van der Waals surface area contributed by atoms with E-state index in [1.165, 1.54) is 6.92 Å².